The highest BCUT2D eigenvalue weighted by Crippen LogP contribution is 2.26. The number of hydrogen-bond acceptors (Lipinski definition) is 4. The Morgan fingerprint density at radius 3 is 1.66 bits per heavy atom. The zero-order valence-electron chi connectivity index (χ0n) is 21.3. The third kappa shape index (κ3) is 7.05. The van der Waals surface area contributed by atoms with Gasteiger partial charge in [0.2, 0.25) is 0 Å². The van der Waals surface area contributed by atoms with Gasteiger partial charge in [0.1, 0.15) is 5.15 Å². The van der Waals surface area contributed by atoms with Gasteiger partial charge in [-0.25, -0.2) is 4.98 Å². The monoisotopic (exact) mass is 518 g/mol. The lowest BCUT2D eigenvalue weighted by Crippen LogP contribution is -2.29. The van der Waals surface area contributed by atoms with Gasteiger partial charge in [-0.2, -0.15) is 0 Å². The average Bonchev–Trinajstić information content (AvgIpc) is 2.95. The number of rotatable bonds is 2. The van der Waals surface area contributed by atoms with Gasteiger partial charge in [-0.3, -0.25) is 4.98 Å². The number of aromatic nitrogens is 2. The molecule has 0 fully saturated rings. The van der Waals surface area contributed by atoms with Crippen LogP contribution in [0.25, 0.3) is 32.8 Å². The molecule has 6 heteroatoms. The van der Waals surface area contributed by atoms with E-state index in [0.29, 0.717) is 10.6 Å². The molecule has 6 aromatic rings. The van der Waals surface area contributed by atoms with E-state index in [1.165, 1.54) is 21.9 Å². The number of aryl methyl sites for hydroxylation is 2. The first-order chi connectivity index (χ1) is 18.4. The zero-order chi connectivity index (χ0) is 26.9. The maximum atomic E-state index is 8.67. The number of pyridine rings is 2. The molecule has 0 aliphatic carbocycles. The molecule has 38 heavy (non-hydrogen) atoms. The second-order valence-electron chi connectivity index (χ2n) is 8.85. The fourth-order valence-corrected chi connectivity index (χ4v) is 4.11. The van der Waals surface area contributed by atoms with E-state index >= 15 is 0 Å². The lowest BCUT2D eigenvalue weighted by molar-refractivity contribution is 0.426. The van der Waals surface area contributed by atoms with Crippen LogP contribution in [-0.4, -0.2) is 27.1 Å². The Morgan fingerprint density at radius 1 is 0.579 bits per heavy atom. The van der Waals surface area contributed by atoms with Crippen molar-refractivity contribution in [1.29, 1.82) is 0 Å². The summed E-state index contributed by atoms with van der Waals surface area (Å²) < 4.78 is 0. The lowest BCUT2D eigenvalue weighted by Gasteiger charge is -2.05. The Kier molecular flexibility index (Phi) is 9.23. The molecule has 188 valence electrons. The molecule has 0 unspecified atom stereocenters. The second kappa shape index (κ2) is 13.0. The summed E-state index contributed by atoms with van der Waals surface area (Å²) in [5.41, 5.74) is 5.15. The highest BCUT2D eigenvalue weighted by Gasteiger charge is 2.08. The Morgan fingerprint density at radius 2 is 1.08 bits per heavy atom. The number of nitrogens with zero attached hydrogens (tertiary/aromatic N) is 2. The summed E-state index contributed by atoms with van der Waals surface area (Å²) in [5.74, 6) is 0. The maximum absolute atomic E-state index is 8.67. The first-order valence-electron chi connectivity index (χ1n) is 12.2. The quantitative estimate of drug-likeness (QED) is 0.196. The normalized spacial score (nSPS) is 10.2. The topological polar surface area (TPSA) is 66.2 Å². The zero-order valence-corrected chi connectivity index (χ0v) is 22.0. The molecule has 0 radical (unpaired) electrons. The summed E-state index contributed by atoms with van der Waals surface area (Å²) in [6.45, 7) is 4.05. The van der Waals surface area contributed by atoms with Crippen molar-refractivity contribution in [2.45, 2.75) is 13.8 Å². The summed E-state index contributed by atoms with van der Waals surface area (Å²) in [7, 11) is -1.35. The van der Waals surface area contributed by atoms with Gasteiger partial charge in [-0.05, 0) is 42.2 Å². The third-order valence-electron chi connectivity index (χ3n) is 6.00. The molecular weight excluding hydrogens is 491 g/mol. The van der Waals surface area contributed by atoms with Crippen molar-refractivity contribution in [3.05, 3.63) is 138 Å². The Hall–Kier alpha value is -4.03. The minimum absolute atomic E-state index is 0.533. The number of fused-ring (bicyclic) bond motifs is 2. The predicted octanol–water partition coefficient (Wildman–Crippen LogP) is 6.77. The molecule has 0 bridgehead atoms. The smallest absolute Gasteiger partial charge is 0.423 e. The van der Waals surface area contributed by atoms with Crippen LogP contribution >= 0.6 is 11.6 Å². The average molecular weight is 519 g/mol. The van der Waals surface area contributed by atoms with Crippen molar-refractivity contribution >= 4 is 45.7 Å². The third-order valence-corrected chi connectivity index (χ3v) is 6.30. The molecule has 6 rings (SSSR count). The number of benzene rings is 4. The van der Waals surface area contributed by atoms with Crippen molar-refractivity contribution < 1.29 is 10.0 Å². The lowest BCUT2D eigenvalue weighted by atomic mass is 9.80. The van der Waals surface area contributed by atoms with Crippen molar-refractivity contribution in [1.82, 2.24) is 9.97 Å². The fourth-order valence-electron chi connectivity index (χ4n) is 3.88. The van der Waals surface area contributed by atoms with Crippen LogP contribution in [-0.2, 0) is 0 Å². The van der Waals surface area contributed by atoms with Crippen molar-refractivity contribution in [2.24, 2.45) is 0 Å². The van der Waals surface area contributed by atoms with Gasteiger partial charge >= 0.3 is 7.12 Å². The van der Waals surface area contributed by atoms with Gasteiger partial charge in [-0.1, -0.05) is 120 Å². The van der Waals surface area contributed by atoms with E-state index in [9.17, 15) is 0 Å². The van der Waals surface area contributed by atoms with E-state index in [2.05, 4.69) is 65.4 Å². The van der Waals surface area contributed by atoms with E-state index in [0.717, 1.165) is 22.0 Å². The minimum atomic E-state index is -1.35. The van der Waals surface area contributed by atoms with Crippen molar-refractivity contribution in [3.63, 3.8) is 0 Å². The minimum Gasteiger partial charge on any atom is -0.423 e. The van der Waals surface area contributed by atoms with Crippen LogP contribution < -0.4 is 5.46 Å². The molecule has 2 N–H and O–H groups in total. The number of hydrogen-bond donors (Lipinski definition) is 2. The van der Waals surface area contributed by atoms with Gasteiger partial charge in [0, 0.05) is 28.7 Å². The predicted molar refractivity (Wildman–Crippen MR) is 160 cm³/mol. The largest absolute Gasteiger partial charge is 0.488 e. The molecule has 0 saturated carbocycles. The Labute approximate surface area is 228 Å². The maximum Gasteiger partial charge on any atom is 0.488 e. The van der Waals surface area contributed by atoms with Crippen LogP contribution in [0.2, 0.25) is 5.15 Å². The summed E-state index contributed by atoms with van der Waals surface area (Å²) in [5, 5.41) is 22.5. The summed E-state index contributed by atoms with van der Waals surface area (Å²) in [6.07, 6.45) is 3.59. The molecule has 0 amide bonds. The first-order valence-corrected chi connectivity index (χ1v) is 12.6. The Balaban J connectivity index is 0.000000140. The van der Waals surface area contributed by atoms with Crippen molar-refractivity contribution in [2.75, 3.05) is 0 Å². The molecule has 2 aromatic heterocycles. The highest BCUT2D eigenvalue weighted by atomic mass is 35.5. The van der Waals surface area contributed by atoms with E-state index in [1.54, 1.807) is 18.3 Å². The van der Waals surface area contributed by atoms with Gasteiger partial charge in [0.15, 0.2) is 0 Å². The molecule has 0 aliphatic heterocycles. The highest BCUT2D eigenvalue weighted by molar-refractivity contribution is 6.58. The molecule has 0 aliphatic rings. The molecule has 0 spiro atoms. The van der Waals surface area contributed by atoms with Crippen LogP contribution in [0.5, 0.6) is 0 Å². The summed E-state index contributed by atoms with van der Waals surface area (Å²) in [6, 6.07) is 35.8. The fraction of sp³-hybridized carbons (Fsp3) is 0.0625. The molecule has 0 saturated heterocycles. The molecular formula is C32H28BClN2O2. The van der Waals surface area contributed by atoms with E-state index in [-0.39, 0.29) is 0 Å². The molecule has 2 heterocycles. The summed E-state index contributed by atoms with van der Waals surface area (Å²) in [4.78, 5) is 8.48. The summed E-state index contributed by atoms with van der Waals surface area (Å²) >= 11 is 5.85. The van der Waals surface area contributed by atoms with Gasteiger partial charge in [0.25, 0.3) is 0 Å². The van der Waals surface area contributed by atoms with E-state index in [4.69, 9.17) is 21.6 Å². The van der Waals surface area contributed by atoms with Gasteiger partial charge in [-0.15, -0.1) is 0 Å². The molecule has 0 atom stereocenters. The first kappa shape index (κ1) is 27.0. The van der Waals surface area contributed by atoms with E-state index in [1.807, 2.05) is 61.7 Å². The van der Waals surface area contributed by atoms with Gasteiger partial charge in [0.05, 0.1) is 5.69 Å². The SMILES string of the molecule is Cc1ccc(-c2nccc3ccccc23)cc1.Cc1ccc(B(O)O)cc1.Clc1nccc2ccccc12. The molecule has 4 nitrogen and oxygen atoms in total. The van der Waals surface area contributed by atoms with Crippen LogP contribution in [0.4, 0.5) is 0 Å². The molecule has 4 aromatic carbocycles. The van der Waals surface area contributed by atoms with Gasteiger partial charge < -0.3 is 10.0 Å². The number of halogens is 1. The van der Waals surface area contributed by atoms with Crippen LogP contribution in [0, 0.1) is 13.8 Å². The standard InChI is InChI=1S/C16H13N.C9H6ClN.C7H9BO2/c1-12-6-8-14(9-7-12)16-15-5-3-2-4-13(15)10-11-17-16;10-9-8-4-2-1-3-7(8)5-6-11-9;1-6-2-4-7(5-3-6)8(9)10/h2-11H,1H3;1-6H;2-5,9-10H,1H3. The van der Waals surface area contributed by atoms with Crippen LogP contribution in [0.3, 0.4) is 0 Å². The van der Waals surface area contributed by atoms with Crippen LogP contribution in [0.15, 0.2) is 122 Å². The van der Waals surface area contributed by atoms with Crippen molar-refractivity contribution in [3.8, 4) is 11.3 Å². The second-order valence-corrected chi connectivity index (χ2v) is 9.21. The Bertz CT molecular complexity index is 1610. The van der Waals surface area contributed by atoms with Crippen LogP contribution in [0.1, 0.15) is 11.1 Å². The van der Waals surface area contributed by atoms with E-state index < -0.39 is 7.12 Å².